The minimum atomic E-state index is 0.183. The van der Waals surface area contributed by atoms with Crippen molar-refractivity contribution < 1.29 is 0 Å². The lowest BCUT2D eigenvalue weighted by Gasteiger charge is -2.27. The highest BCUT2D eigenvalue weighted by molar-refractivity contribution is 5.70. The van der Waals surface area contributed by atoms with Crippen molar-refractivity contribution in [1.82, 2.24) is 0 Å². The molecule has 0 saturated heterocycles. The van der Waals surface area contributed by atoms with Crippen LogP contribution in [-0.2, 0) is 5.41 Å². The minimum Gasteiger partial charge on any atom is -0.381 e. The summed E-state index contributed by atoms with van der Waals surface area (Å²) in [4.78, 5) is 0. The van der Waals surface area contributed by atoms with E-state index in [1.54, 1.807) is 0 Å². The Morgan fingerprint density at radius 3 is 2.31 bits per heavy atom. The topological polar surface area (TPSA) is 24.1 Å². The largest absolute Gasteiger partial charge is 0.381 e. The van der Waals surface area contributed by atoms with Gasteiger partial charge in [0.1, 0.15) is 0 Å². The average Bonchev–Trinajstić information content (AvgIpc) is 2.64. The molecule has 1 aliphatic carbocycles. The molecule has 148 valence electrons. The molecule has 2 heteroatoms. The van der Waals surface area contributed by atoms with Gasteiger partial charge in [0.15, 0.2) is 0 Å². The van der Waals surface area contributed by atoms with Crippen LogP contribution < -0.4 is 10.6 Å². The van der Waals surface area contributed by atoms with Crippen LogP contribution in [-0.4, -0.2) is 12.6 Å². The summed E-state index contributed by atoms with van der Waals surface area (Å²) in [5.41, 5.74) is 4.09. The van der Waals surface area contributed by atoms with E-state index >= 15 is 0 Å². The number of allylic oxidation sites excluding steroid dienone is 1. The maximum atomic E-state index is 3.83. The third kappa shape index (κ3) is 7.85. The standard InChI is InChI=1S/C22H36N2.C2H6/c1-5-6-7-11-16-23-20-15-14-18(22(2,3)4)17-21(20)24-19-12-9-8-10-13-19;1-2/h7,11,14-15,17,19,23-24H,5-6,8-10,12-13,16H2,1-4H3;1-2H3/b11-7-;. The molecule has 1 aromatic rings. The van der Waals surface area contributed by atoms with E-state index in [1.165, 1.54) is 55.5 Å². The fourth-order valence-corrected chi connectivity index (χ4v) is 3.29. The summed E-state index contributed by atoms with van der Waals surface area (Å²) in [6.45, 7) is 14.0. The Kier molecular flexibility index (Phi) is 10.5. The van der Waals surface area contributed by atoms with Crippen LogP contribution in [0.5, 0.6) is 0 Å². The molecule has 2 rings (SSSR count). The van der Waals surface area contributed by atoms with Crippen molar-refractivity contribution in [2.45, 2.75) is 97.9 Å². The van der Waals surface area contributed by atoms with Crippen LogP contribution >= 0.6 is 0 Å². The van der Waals surface area contributed by atoms with E-state index in [1.807, 2.05) is 13.8 Å². The van der Waals surface area contributed by atoms with Crippen LogP contribution in [0.15, 0.2) is 30.4 Å². The van der Waals surface area contributed by atoms with Crippen molar-refractivity contribution in [3.8, 4) is 0 Å². The zero-order valence-corrected chi connectivity index (χ0v) is 18.1. The zero-order chi connectivity index (χ0) is 19.4. The van der Waals surface area contributed by atoms with Gasteiger partial charge in [0.2, 0.25) is 0 Å². The van der Waals surface area contributed by atoms with Crippen LogP contribution in [0.3, 0.4) is 0 Å². The van der Waals surface area contributed by atoms with Gasteiger partial charge < -0.3 is 10.6 Å². The first kappa shape index (κ1) is 22.6. The molecule has 2 N–H and O–H groups in total. The number of hydrogen-bond acceptors (Lipinski definition) is 2. The molecule has 0 spiro atoms. The third-order valence-electron chi connectivity index (χ3n) is 4.88. The highest BCUT2D eigenvalue weighted by Crippen LogP contribution is 2.32. The molecule has 2 nitrogen and oxygen atoms in total. The maximum Gasteiger partial charge on any atom is 0.0581 e. The van der Waals surface area contributed by atoms with E-state index in [0.717, 1.165) is 13.0 Å². The molecule has 1 saturated carbocycles. The molecular formula is C24H42N2. The molecule has 26 heavy (non-hydrogen) atoms. The predicted octanol–water partition coefficient (Wildman–Crippen LogP) is 7.52. The maximum absolute atomic E-state index is 3.83. The first-order chi connectivity index (χ1) is 12.5. The van der Waals surface area contributed by atoms with Crippen LogP contribution in [0.2, 0.25) is 0 Å². The second kappa shape index (κ2) is 12.0. The first-order valence-corrected chi connectivity index (χ1v) is 10.8. The highest BCUT2D eigenvalue weighted by atomic mass is 15.0. The summed E-state index contributed by atoms with van der Waals surface area (Å²) in [6, 6.07) is 7.50. The molecular weight excluding hydrogens is 316 g/mol. The van der Waals surface area contributed by atoms with Crippen molar-refractivity contribution >= 4 is 11.4 Å². The number of anilines is 2. The second-order valence-electron chi connectivity index (χ2n) is 8.13. The van der Waals surface area contributed by atoms with Gasteiger partial charge in [-0.15, -0.1) is 0 Å². The number of unbranched alkanes of at least 4 members (excludes halogenated alkanes) is 1. The van der Waals surface area contributed by atoms with Gasteiger partial charge in [0.25, 0.3) is 0 Å². The van der Waals surface area contributed by atoms with Gasteiger partial charge in [0.05, 0.1) is 11.4 Å². The van der Waals surface area contributed by atoms with Gasteiger partial charge in [-0.2, -0.15) is 0 Å². The van der Waals surface area contributed by atoms with E-state index < -0.39 is 0 Å². The van der Waals surface area contributed by atoms with Crippen LogP contribution in [0.1, 0.15) is 92.1 Å². The van der Waals surface area contributed by atoms with E-state index in [0.29, 0.717) is 6.04 Å². The molecule has 1 fully saturated rings. The van der Waals surface area contributed by atoms with Crippen molar-refractivity contribution in [2.75, 3.05) is 17.2 Å². The highest BCUT2D eigenvalue weighted by Gasteiger charge is 2.18. The molecule has 0 aliphatic heterocycles. The predicted molar refractivity (Wildman–Crippen MR) is 120 cm³/mol. The molecule has 0 unspecified atom stereocenters. The average molecular weight is 359 g/mol. The van der Waals surface area contributed by atoms with Gasteiger partial charge in [-0.3, -0.25) is 0 Å². The van der Waals surface area contributed by atoms with Gasteiger partial charge >= 0.3 is 0 Å². The first-order valence-electron chi connectivity index (χ1n) is 10.8. The Balaban J connectivity index is 0.00000163. The Bertz CT molecular complexity index is 520. The lowest BCUT2D eigenvalue weighted by molar-refractivity contribution is 0.462. The zero-order valence-electron chi connectivity index (χ0n) is 18.1. The Labute approximate surface area is 162 Å². The normalized spacial score (nSPS) is 15.5. The Hall–Kier alpha value is -1.44. The summed E-state index contributed by atoms with van der Waals surface area (Å²) in [5, 5.41) is 7.42. The van der Waals surface area contributed by atoms with Gasteiger partial charge in [0, 0.05) is 12.6 Å². The SMILES string of the molecule is CC.CCC/C=C\CNc1ccc(C(C)(C)C)cc1NC1CCCCC1. The van der Waals surface area contributed by atoms with Gasteiger partial charge in [-0.05, 0) is 42.4 Å². The fraction of sp³-hybridized carbons (Fsp3) is 0.667. The van der Waals surface area contributed by atoms with Crippen molar-refractivity contribution in [2.24, 2.45) is 0 Å². The van der Waals surface area contributed by atoms with Crippen LogP contribution in [0.25, 0.3) is 0 Å². The van der Waals surface area contributed by atoms with Crippen molar-refractivity contribution in [1.29, 1.82) is 0 Å². The molecule has 1 aromatic carbocycles. The number of benzene rings is 1. The molecule has 0 atom stereocenters. The van der Waals surface area contributed by atoms with E-state index in [4.69, 9.17) is 0 Å². The minimum absolute atomic E-state index is 0.183. The van der Waals surface area contributed by atoms with Crippen LogP contribution in [0.4, 0.5) is 11.4 Å². The van der Waals surface area contributed by atoms with Gasteiger partial charge in [-0.25, -0.2) is 0 Å². The van der Waals surface area contributed by atoms with Crippen molar-refractivity contribution in [3.63, 3.8) is 0 Å². The van der Waals surface area contributed by atoms with Crippen LogP contribution in [0, 0.1) is 0 Å². The summed E-state index contributed by atoms with van der Waals surface area (Å²) in [5.74, 6) is 0. The van der Waals surface area contributed by atoms with E-state index in [-0.39, 0.29) is 5.41 Å². The molecule has 0 aromatic heterocycles. The number of rotatable bonds is 7. The van der Waals surface area contributed by atoms with Gasteiger partial charge in [-0.1, -0.05) is 85.4 Å². The monoisotopic (exact) mass is 358 g/mol. The Morgan fingerprint density at radius 2 is 1.69 bits per heavy atom. The quantitative estimate of drug-likeness (QED) is 0.492. The Morgan fingerprint density at radius 1 is 1.00 bits per heavy atom. The van der Waals surface area contributed by atoms with Crippen molar-refractivity contribution in [3.05, 3.63) is 35.9 Å². The molecule has 0 amide bonds. The summed E-state index contributed by atoms with van der Waals surface area (Å²) >= 11 is 0. The van der Waals surface area contributed by atoms with E-state index in [9.17, 15) is 0 Å². The fourth-order valence-electron chi connectivity index (χ4n) is 3.29. The summed E-state index contributed by atoms with van der Waals surface area (Å²) < 4.78 is 0. The molecule has 1 aliphatic rings. The van der Waals surface area contributed by atoms with E-state index in [2.05, 4.69) is 68.7 Å². The number of hydrogen-bond donors (Lipinski definition) is 2. The molecule has 0 heterocycles. The third-order valence-corrected chi connectivity index (χ3v) is 4.88. The molecule has 0 radical (unpaired) electrons. The smallest absolute Gasteiger partial charge is 0.0581 e. The lowest BCUT2D eigenvalue weighted by atomic mass is 9.86. The summed E-state index contributed by atoms with van der Waals surface area (Å²) in [7, 11) is 0. The summed E-state index contributed by atoms with van der Waals surface area (Å²) in [6.07, 6.45) is 13.6. The lowest BCUT2D eigenvalue weighted by Crippen LogP contribution is -2.23. The second-order valence-corrected chi connectivity index (χ2v) is 8.13. The molecule has 0 bridgehead atoms. The number of nitrogens with one attached hydrogen (secondary N) is 2.